The molecular formula is C18H19Cl2N3O2. The van der Waals surface area contributed by atoms with Crippen LogP contribution in [-0.4, -0.2) is 34.9 Å². The highest BCUT2D eigenvalue weighted by Crippen LogP contribution is 2.29. The Labute approximate surface area is 156 Å². The van der Waals surface area contributed by atoms with Crippen LogP contribution < -0.4 is 10.1 Å². The maximum absolute atomic E-state index is 12.3. The Balaban J connectivity index is 1.60. The molecule has 1 aliphatic heterocycles. The highest BCUT2D eigenvalue weighted by molar-refractivity contribution is 6.35. The van der Waals surface area contributed by atoms with Gasteiger partial charge in [-0.1, -0.05) is 23.2 Å². The summed E-state index contributed by atoms with van der Waals surface area (Å²) < 4.78 is 5.65. The van der Waals surface area contributed by atoms with Gasteiger partial charge in [-0.05, 0) is 50.1 Å². The molecule has 1 N–H and O–H groups in total. The summed E-state index contributed by atoms with van der Waals surface area (Å²) in [5, 5.41) is 4.02. The number of hydrogen-bond donors (Lipinski definition) is 1. The van der Waals surface area contributed by atoms with E-state index < -0.39 is 0 Å². The SMILES string of the molecule is C[C@@H](Nc1ccc(Oc2ncc(Cl)cc2Cl)cc1)C(=O)N1CCCC1. The van der Waals surface area contributed by atoms with Crippen molar-refractivity contribution in [3.05, 3.63) is 46.6 Å². The standard InChI is InChI=1S/C18H19Cl2N3O2/c1-12(18(24)23-8-2-3-9-23)22-14-4-6-15(7-5-14)25-17-16(20)10-13(19)11-21-17/h4-7,10-12,22H,2-3,8-9H2,1H3/t12-/m1/s1. The van der Waals surface area contributed by atoms with Crippen LogP contribution in [0.15, 0.2) is 36.5 Å². The van der Waals surface area contributed by atoms with Gasteiger partial charge in [-0.25, -0.2) is 4.98 Å². The molecule has 5 nitrogen and oxygen atoms in total. The summed E-state index contributed by atoms with van der Waals surface area (Å²) in [5.41, 5.74) is 0.850. The van der Waals surface area contributed by atoms with E-state index in [1.807, 2.05) is 24.0 Å². The quantitative estimate of drug-likeness (QED) is 0.824. The number of benzene rings is 1. The van der Waals surface area contributed by atoms with Gasteiger partial charge in [0.05, 0.1) is 5.02 Å². The summed E-state index contributed by atoms with van der Waals surface area (Å²) >= 11 is 11.9. The van der Waals surface area contributed by atoms with Crippen molar-refractivity contribution >= 4 is 34.8 Å². The topological polar surface area (TPSA) is 54.5 Å². The molecule has 2 heterocycles. The van der Waals surface area contributed by atoms with Gasteiger partial charge in [-0.2, -0.15) is 0 Å². The largest absolute Gasteiger partial charge is 0.438 e. The maximum atomic E-state index is 12.3. The first kappa shape index (κ1) is 17.8. The van der Waals surface area contributed by atoms with Crippen LogP contribution in [0.2, 0.25) is 10.0 Å². The fraction of sp³-hybridized carbons (Fsp3) is 0.333. The third-order valence-electron chi connectivity index (χ3n) is 4.01. The first-order valence-electron chi connectivity index (χ1n) is 8.17. The van der Waals surface area contributed by atoms with E-state index in [2.05, 4.69) is 10.3 Å². The number of aromatic nitrogens is 1. The lowest BCUT2D eigenvalue weighted by molar-refractivity contribution is -0.130. The summed E-state index contributed by atoms with van der Waals surface area (Å²) in [6, 6.07) is 8.61. The van der Waals surface area contributed by atoms with E-state index in [9.17, 15) is 4.79 Å². The van der Waals surface area contributed by atoms with Crippen LogP contribution in [0.3, 0.4) is 0 Å². The second-order valence-corrected chi connectivity index (χ2v) is 6.81. The van der Waals surface area contributed by atoms with Crippen molar-refractivity contribution in [3.63, 3.8) is 0 Å². The zero-order chi connectivity index (χ0) is 17.8. The predicted molar refractivity (Wildman–Crippen MR) is 99.7 cm³/mol. The Morgan fingerprint density at radius 3 is 2.56 bits per heavy atom. The Morgan fingerprint density at radius 1 is 1.24 bits per heavy atom. The van der Waals surface area contributed by atoms with Gasteiger partial charge >= 0.3 is 0 Å². The molecule has 0 unspecified atom stereocenters. The van der Waals surface area contributed by atoms with Crippen LogP contribution in [0.5, 0.6) is 11.6 Å². The Bertz CT molecular complexity index is 746. The minimum absolute atomic E-state index is 0.134. The van der Waals surface area contributed by atoms with Crippen molar-refractivity contribution in [1.29, 1.82) is 0 Å². The number of carbonyl (C=O) groups excluding carboxylic acids is 1. The van der Waals surface area contributed by atoms with E-state index in [1.54, 1.807) is 18.2 Å². The Morgan fingerprint density at radius 2 is 1.92 bits per heavy atom. The third-order valence-corrected chi connectivity index (χ3v) is 4.49. The highest BCUT2D eigenvalue weighted by atomic mass is 35.5. The molecule has 0 spiro atoms. The van der Waals surface area contributed by atoms with Gasteiger partial charge in [0.1, 0.15) is 16.8 Å². The number of rotatable bonds is 5. The van der Waals surface area contributed by atoms with E-state index >= 15 is 0 Å². The second kappa shape index (κ2) is 7.93. The molecule has 1 aromatic heterocycles. The Kier molecular flexibility index (Phi) is 5.66. The van der Waals surface area contributed by atoms with Gasteiger partial charge in [-0.15, -0.1) is 0 Å². The average Bonchev–Trinajstić information content (AvgIpc) is 3.13. The zero-order valence-corrected chi connectivity index (χ0v) is 15.3. The van der Waals surface area contributed by atoms with Crippen LogP contribution in [0.25, 0.3) is 0 Å². The number of amides is 1. The van der Waals surface area contributed by atoms with Gasteiger partial charge in [0.15, 0.2) is 0 Å². The highest BCUT2D eigenvalue weighted by Gasteiger charge is 2.22. The summed E-state index contributed by atoms with van der Waals surface area (Å²) in [6.07, 6.45) is 3.65. The van der Waals surface area contributed by atoms with Crippen molar-refractivity contribution in [1.82, 2.24) is 9.88 Å². The number of nitrogens with one attached hydrogen (secondary N) is 1. The number of likely N-dealkylation sites (tertiary alicyclic amines) is 1. The van der Waals surface area contributed by atoms with Gasteiger partial charge in [0, 0.05) is 25.0 Å². The monoisotopic (exact) mass is 379 g/mol. The van der Waals surface area contributed by atoms with Crippen molar-refractivity contribution in [3.8, 4) is 11.6 Å². The van der Waals surface area contributed by atoms with E-state index in [0.717, 1.165) is 31.6 Å². The minimum Gasteiger partial charge on any atom is -0.438 e. The second-order valence-electron chi connectivity index (χ2n) is 5.97. The first-order valence-corrected chi connectivity index (χ1v) is 8.93. The molecule has 3 rings (SSSR count). The van der Waals surface area contributed by atoms with Gasteiger partial charge < -0.3 is 15.0 Å². The molecule has 7 heteroatoms. The molecule has 1 amide bonds. The van der Waals surface area contributed by atoms with Crippen LogP contribution in [0, 0.1) is 0 Å². The predicted octanol–water partition coefficient (Wildman–Crippen LogP) is 4.60. The third kappa shape index (κ3) is 4.55. The number of nitrogens with zero attached hydrogens (tertiary/aromatic N) is 2. The lowest BCUT2D eigenvalue weighted by atomic mass is 10.2. The molecule has 0 saturated carbocycles. The minimum atomic E-state index is -0.266. The molecule has 25 heavy (non-hydrogen) atoms. The first-order chi connectivity index (χ1) is 12.0. The average molecular weight is 380 g/mol. The van der Waals surface area contributed by atoms with Crippen LogP contribution in [0.4, 0.5) is 5.69 Å². The van der Waals surface area contributed by atoms with Crippen molar-refractivity contribution < 1.29 is 9.53 Å². The molecule has 1 fully saturated rings. The number of hydrogen-bond acceptors (Lipinski definition) is 4. The van der Waals surface area contributed by atoms with E-state index in [0.29, 0.717) is 21.7 Å². The molecule has 1 atom stereocenters. The van der Waals surface area contributed by atoms with Crippen LogP contribution in [-0.2, 0) is 4.79 Å². The lowest BCUT2D eigenvalue weighted by Crippen LogP contribution is -2.39. The molecule has 2 aromatic rings. The van der Waals surface area contributed by atoms with Crippen LogP contribution >= 0.6 is 23.2 Å². The summed E-state index contributed by atoms with van der Waals surface area (Å²) in [6.45, 7) is 3.58. The van der Waals surface area contributed by atoms with Gasteiger partial charge in [-0.3, -0.25) is 4.79 Å². The summed E-state index contributed by atoms with van der Waals surface area (Å²) in [5.74, 6) is 1.03. The summed E-state index contributed by atoms with van der Waals surface area (Å²) in [7, 11) is 0. The number of anilines is 1. The molecule has 132 valence electrons. The molecule has 0 radical (unpaired) electrons. The molecule has 0 bridgehead atoms. The van der Waals surface area contributed by atoms with Gasteiger partial charge in [0.2, 0.25) is 11.8 Å². The van der Waals surface area contributed by atoms with E-state index in [1.165, 1.54) is 6.20 Å². The maximum Gasteiger partial charge on any atom is 0.244 e. The number of halogens is 2. The van der Waals surface area contributed by atoms with Crippen molar-refractivity contribution in [2.75, 3.05) is 18.4 Å². The van der Waals surface area contributed by atoms with Gasteiger partial charge in [0.25, 0.3) is 0 Å². The van der Waals surface area contributed by atoms with E-state index in [-0.39, 0.29) is 11.9 Å². The molecule has 1 saturated heterocycles. The zero-order valence-electron chi connectivity index (χ0n) is 13.8. The number of ether oxygens (including phenoxy) is 1. The molecular weight excluding hydrogens is 361 g/mol. The lowest BCUT2D eigenvalue weighted by Gasteiger charge is -2.22. The molecule has 0 aliphatic carbocycles. The molecule has 1 aliphatic rings. The van der Waals surface area contributed by atoms with Crippen LogP contribution in [0.1, 0.15) is 19.8 Å². The molecule has 1 aromatic carbocycles. The Hall–Kier alpha value is -1.98. The number of pyridine rings is 1. The number of carbonyl (C=O) groups is 1. The van der Waals surface area contributed by atoms with Crippen molar-refractivity contribution in [2.24, 2.45) is 0 Å². The fourth-order valence-electron chi connectivity index (χ4n) is 2.73. The fourth-order valence-corrected chi connectivity index (χ4v) is 3.15. The summed E-state index contributed by atoms with van der Waals surface area (Å²) in [4.78, 5) is 18.3. The van der Waals surface area contributed by atoms with Crippen molar-refractivity contribution in [2.45, 2.75) is 25.8 Å². The normalized spacial score (nSPS) is 15.1. The smallest absolute Gasteiger partial charge is 0.244 e. The van der Waals surface area contributed by atoms with E-state index in [4.69, 9.17) is 27.9 Å².